The Hall–Kier alpha value is -2.38. The molecule has 5 nitrogen and oxygen atoms in total. The molecule has 2 rings (SSSR count). The second-order valence-electron chi connectivity index (χ2n) is 3.78. The van der Waals surface area contributed by atoms with Crippen molar-refractivity contribution in [2.24, 2.45) is 0 Å². The lowest BCUT2D eigenvalue weighted by molar-refractivity contribution is -0.141. The summed E-state index contributed by atoms with van der Waals surface area (Å²) in [6.07, 6.45) is -4.73. The van der Waals surface area contributed by atoms with Crippen LogP contribution in [0.1, 0.15) is 12.6 Å². The molecule has 0 spiro atoms. The monoisotopic (exact) mass is 271 g/mol. The Kier molecular flexibility index (Phi) is 3.01. The van der Waals surface area contributed by atoms with E-state index in [1.807, 2.05) is 5.43 Å². The second-order valence-corrected chi connectivity index (χ2v) is 3.78. The van der Waals surface area contributed by atoms with Crippen molar-refractivity contribution in [3.8, 4) is 0 Å². The lowest BCUT2D eigenvalue weighted by Gasteiger charge is -2.12. The van der Waals surface area contributed by atoms with Crippen LogP contribution in [0.4, 0.5) is 13.2 Å². The molecule has 0 aliphatic carbocycles. The van der Waals surface area contributed by atoms with Crippen LogP contribution in [-0.4, -0.2) is 15.8 Å². The highest BCUT2D eigenvalue weighted by atomic mass is 19.4. The molecule has 0 aliphatic rings. The number of nitrogens with zero attached hydrogens (tertiary/aromatic N) is 2. The molecular formula is C11H8F3N3O2. The summed E-state index contributed by atoms with van der Waals surface area (Å²) in [5.74, 6) is -0.696. The number of benzene rings is 1. The van der Waals surface area contributed by atoms with Gasteiger partial charge in [0.1, 0.15) is 0 Å². The van der Waals surface area contributed by atoms with Crippen LogP contribution in [0.15, 0.2) is 29.1 Å². The maximum atomic E-state index is 12.9. The fourth-order valence-corrected chi connectivity index (χ4v) is 1.62. The van der Waals surface area contributed by atoms with Gasteiger partial charge < -0.3 is 0 Å². The van der Waals surface area contributed by atoms with E-state index in [1.165, 1.54) is 18.2 Å². The van der Waals surface area contributed by atoms with Crippen molar-refractivity contribution in [2.45, 2.75) is 13.1 Å². The second kappa shape index (κ2) is 4.38. The zero-order valence-corrected chi connectivity index (χ0v) is 9.65. The number of amides is 1. The van der Waals surface area contributed by atoms with Gasteiger partial charge >= 0.3 is 6.18 Å². The highest BCUT2D eigenvalue weighted by Gasteiger charge is 2.36. The Balaban J connectivity index is 2.84. The molecule has 8 heteroatoms. The van der Waals surface area contributed by atoms with Crippen molar-refractivity contribution in [3.05, 3.63) is 40.3 Å². The number of carbonyl (C=O) groups is 1. The van der Waals surface area contributed by atoms with Gasteiger partial charge in [0, 0.05) is 12.3 Å². The zero-order valence-electron chi connectivity index (χ0n) is 9.65. The fourth-order valence-electron chi connectivity index (χ4n) is 1.62. The highest BCUT2D eigenvalue weighted by molar-refractivity contribution is 5.85. The van der Waals surface area contributed by atoms with E-state index in [0.717, 1.165) is 13.0 Å². The van der Waals surface area contributed by atoms with Crippen molar-refractivity contribution < 1.29 is 18.0 Å². The van der Waals surface area contributed by atoms with E-state index >= 15 is 0 Å². The molecule has 19 heavy (non-hydrogen) atoms. The van der Waals surface area contributed by atoms with E-state index in [0.29, 0.717) is 4.79 Å². The van der Waals surface area contributed by atoms with Gasteiger partial charge in [0.15, 0.2) is 5.69 Å². The van der Waals surface area contributed by atoms with Gasteiger partial charge in [-0.05, 0) is 6.07 Å². The number of fused-ring (bicyclic) bond motifs is 1. The van der Waals surface area contributed by atoms with Gasteiger partial charge in [-0.1, -0.05) is 18.2 Å². The molecule has 0 unspecified atom stereocenters. The third-order valence-corrected chi connectivity index (χ3v) is 2.34. The molecular weight excluding hydrogens is 263 g/mol. The summed E-state index contributed by atoms with van der Waals surface area (Å²) in [4.78, 5) is 23.0. The van der Waals surface area contributed by atoms with E-state index in [4.69, 9.17) is 0 Å². The first-order valence-corrected chi connectivity index (χ1v) is 5.17. The predicted octanol–water partition coefficient (Wildman–Crippen LogP) is 1.51. The van der Waals surface area contributed by atoms with Crippen molar-refractivity contribution in [1.29, 1.82) is 0 Å². The number of carbonyl (C=O) groups excluding carboxylic acids is 1. The molecule has 1 heterocycles. The standard InChI is InChI=1S/C11H8F3N3O2/c1-6(18)15-17-10(19)8-5-3-2-4-7(8)9(16-17)11(12,13)14/h2-5H,1H3,(H,15,18). The largest absolute Gasteiger partial charge is 0.435 e. The maximum absolute atomic E-state index is 12.9. The first kappa shape index (κ1) is 13.1. The van der Waals surface area contributed by atoms with Gasteiger partial charge in [-0.3, -0.25) is 9.59 Å². The molecule has 0 atom stereocenters. The SMILES string of the molecule is CC(=O)Nn1nc(C(F)(F)F)c2ccccc2c1=O. The molecule has 1 aromatic heterocycles. The minimum absolute atomic E-state index is 0.168. The van der Waals surface area contributed by atoms with Gasteiger partial charge in [-0.25, -0.2) is 5.43 Å². The fraction of sp³-hybridized carbons (Fsp3) is 0.182. The maximum Gasteiger partial charge on any atom is 0.435 e. The van der Waals surface area contributed by atoms with E-state index in [1.54, 1.807) is 0 Å². The van der Waals surface area contributed by atoms with Crippen LogP contribution in [-0.2, 0) is 11.0 Å². The van der Waals surface area contributed by atoms with Crippen molar-refractivity contribution >= 4 is 16.7 Å². The molecule has 0 bridgehead atoms. The molecule has 0 radical (unpaired) electrons. The Morgan fingerprint density at radius 1 is 1.26 bits per heavy atom. The lowest BCUT2D eigenvalue weighted by Crippen LogP contribution is -2.36. The molecule has 1 aromatic carbocycles. The number of aromatic nitrogens is 2. The number of hydrogen-bond acceptors (Lipinski definition) is 3. The summed E-state index contributed by atoms with van der Waals surface area (Å²) >= 11 is 0. The summed E-state index contributed by atoms with van der Waals surface area (Å²) in [5, 5.41) is 2.69. The van der Waals surface area contributed by atoms with Crippen LogP contribution >= 0.6 is 0 Å². The van der Waals surface area contributed by atoms with E-state index in [-0.39, 0.29) is 10.8 Å². The predicted molar refractivity (Wildman–Crippen MR) is 61.0 cm³/mol. The topological polar surface area (TPSA) is 64.0 Å². The van der Waals surface area contributed by atoms with Crippen LogP contribution in [0.2, 0.25) is 0 Å². The van der Waals surface area contributed by atoms with Gasteiger partial charge in [-0.15, -0.1) is 9.89 Å². The molecule has 1 amide bonds. The third kappa shape index (κ3) is 2.42. The Bertz CT molecular complexity index is 706. The highest BCUT2D eigenvalue weighted by Crippen LogP contribution is 2.31. The molecule has 0 saturated carbocycles. The summed E-state index contributed by atoms with van der Waals surface area (Å²) in [5.41, 5.74) is -0.114. The normalized spacial score (nSPS) is 11.6. The smallest absolute Gasteiger partial charge is 0.274 e. The Labute approximate surface area is 104 Å². The van der Waals surface area contributed by atoms with Gasteiger partial charge in [-0.2, -0.15) is 13.2 Å². The van der Waals surface area contributed by atoms with Crippen molar-refractivity contribution in [3.63, 3.8) is 0 Å². The minimum Gasteiger partial charge on any atom is -0.274 e. The molecule has 0 fully saturated rings. The number of alkyl halides is 3. The zero-order chi connectivity index (χ0) is 14.2. The van der Waals surface area contributed by atoms with E-state index in [9.17, 15) is 22.8 Å². The molecule has 1 N–H and O–H groups in total. The van der Waals surface area contributed by atoms with Crippen molar-refractivity contribution in [2.75, 3.05) is 5.43 Å². The van der Waals surface area contributed by atoms with E-state index < -0.39 is 23.3 Å². The first-order valence-electron chi connectivity index (χ1n) is 5.17. The summed E-state index contributed by atoms with van der Waals surface area (Å²) in [6.45, 7) is 1.07. The summed E-state index contributed by atoms with van der Waals surface area (Å²) in [7, 11) is 0. The average molecular weight is 271 g/mol. The van der Waals surface area contributed by atoms with Gasteiger partial charge in [0.05, 0.1) is 5.39 Å². The third-order valence-electron chi connectivity index (χ3n) is 2.34. The molecule has 0 aliphatic heterocycles. The molecule has 0 saturated heterocycles. The number of nitrogens with one attached hydrogen (secondary N) is 1. The first-order chi connectivity index (χ1) is 8.80. The number of hydrogen-bond donors (Lipinski definition) is 1. The lowest BCUT2D eigenvalue weighted by atomic mass is 10.1. The van der Waals surface area contributed by atoms with Gasteiger partial charge in [0.25, 0.3) is 5.56 Å². The van der Waals surface area contributed by atoms with Gasteiger partial charge in [0.2, 0.25) is 5.91 Å². The molecule has 2 aromatic rings. The minimum atomic E-state index is -4.73. The Morgan fingerprint density at radius 3 is 2.37 bits per heavy atom. The summed E-state index contributed by atoms with van der Waals surface area (Å²) < 4.78 is 38.6. The molecule has 100 valence electrons. The van der Waals surface area contributed by atoms with Crippen molar-refractivity contribution in [1.82, 2.24) is 9.89 Å². The van der Waals surface area contributed by atoms with Crippen LogP contribution in [0, 0.1) is 0 Å². The van der Waals surface area contributed by atoms with Crippen LogP contribution < -0.4 is 11.0 Å². The summed E-state index contributed by atoms with van der Waals surface area (Å²) in [6, 6.07) is 5.21. The van der Waals surface area contributed by atoms with E-state index in [2.05, 4.69) is 5.10 Å². The van der Waals surface area contributed by atoms with Crippen LogP contribution in [0.25, 0.3) is 10.8 Å². The Morgan fingerprint density at radius 2 is 1.84 bits per heavy atom. The number of rotatable bonds is 1. The van der Waals surface area contributed by atoms with Crippen LogP contribution in [0.5, 0.6) is 0 Å². The number of halogens is 3. The van der Waals surface area contributed by atoms with Crippen LogP contribution in [0.3, 0.4) is 0 Å². The average Bonchev–Trinajstić information content (AvgIpc) is 2.31. The quantitative estimate of drug-likeness (QED) is 0.855.